The lowest BCUT2D eigenvalue weighted by Crippen LogP contribution is -2.45. The number of ether oxygens (including phenoxy) is 1. The van der Waals surface area contributed by atoms with Crippen molar-refractivity contribution in [1.29, 1.82) is 0 Å². The van der Waals surface area contributed by atoms with E-state index in [0.29, 0.717) is 17.0 Å². The maximum atomic E-state index is 13.1. The molecule has 0 spiro atoms. The van der Waals surface area contributed by atoms with Gasteiger partial charge in [0.15, 0.2) is 0 Å². The van der Waals surface area contributed by atoms with Crippen molar-refractivity contribution in [2.75, 3.05) is 11.4 Å². The molecule has 1 aliphatic rings. The molecule has 2 aromatic carbocycles. The van der Waals surface area contributed by atoms with Crippen LogP contribution in [0.4, 0.5) is 5.69 Å². The smallest absolute Gasteiger partial charge is 0.265 e. The number of carbonyl (C=O) groups excluding carboxylic acids is 1. The van der Waals surface area contributed by atoms with Crippen LogP contribution in [0.5, 0.6) is 5.75 Å². The average Bonchev–Trinajstić information content (AvgIpc) is 2.95. The lowest BCUT2D eigenvalue weighted by atomic mass is 10.1. The second-order valence-corrected chi connectivity index (χ2v) is 7.50. The normalized spacial score (nSPS) is 16.8. The topological polar surface area (TPSA) is 89.7 Å². The molecule has 3 rings (SSSR count). The summed E-state index contributed by atoms with van der Waals surface area (Å²) in [5.41, 5.74) is 7.43. The molecule has 0 unspecified atom stereocenters. The minimum Gasteiger partial charge on any atom is -0.496 e. The number of benzene rings is 2. The highest BCUT2D eigenvalue weighted by molar-refractivity contribution is 7.93. The summed E-state index contributed by atoms with van der Waals surface area (Å²) in [5, 5.41) is 0. The summed E-state index contributed by atoms with van der Waals surface area (Å²) in [6.07, 6.45) is 0.278. The molecular weight excluding hydrogens is 328 g/mol. The lowest BCUT2D eigenvalue weighted by Gasteiger charge is -2.25. The molecule has 0 aromatic heterocycles. The zero-order valence-electron chi connectivity index (χ0n) is 13.4. The largest absolute Gasteiger partial charge is 0.496 e. The van der Waals surface area contributed by atoms with Crippen molar-refractivity contribution in [3.63, 3.8) is 0 Å². The van der Waals surface area contributed by atoms with Gasteiger partial charge in [0.2, 0.25) is 5.91 Å². The number of carbonyl (C=O) groups is 1. The van der Waals surface area contributed by atoms with Gasteiger partial charge in [-0.15, -0.1) is 0 Å². The molecule has 0 saturated heterocycles. The number of nitrogens with zero attached hydrogens (tertiary/aromatic N) is 1. The van der Waals surface area contributed by atoms with Crippen LogP contribution >= 0.6 is 0 Å². The highest BCUT2D eigenvalue weighted by Crippen LogP contribution is 2.37. The summed E-state index contributed by atoms with van der Waals surface area (Å²) in [7, 11) is -2.39. The molecule has 126 valence electrons. The Morgan fingerprint density at radius 1 is 1.25 bits per heavy atom. The number of anilines is 1. The highest BCUT2D eigenvalue weighted by Gasteiger charge is 2.41. The van der Waals surface area contributed by atoms with Gasteiger partial charge >= 0.3 is 0 Å². The summed E-state index contributed by atoms with van der Waals surface area (Å²) >= 11 is 0. The quantitative estimate of drug-likeness (QED) is 0.911. The minimum absolute atomic E-state index is 0.101. The van der Waals surface area contributed by atoms with Crippen LogP contribution in [0.3, 0.4) is 0 Å². The summed E-state index contributed by atoms with van der Waals surface area (Å²) in [6, 6.07) is 10.7. The summed E-state index contributed by atoms with van der Waals surface area (Å²) in [5.74, 6) is -0.0674. The van der Waals surface area contributed by atoms with E-state index in [9.17, 15) is 13.2 Å². The Labute approximate surface area is 140 Å². The molecule has 7 heteroatoms. The van der Waals surface area contributed by atoms with Crippen LogP contribution in [-0.4, -0.2) is 27.5 Å². The number of sulfonamides is 1. The van der Waals surface area contributed by atoms with E-state index in [1.54, 1.807) is 31.2 Å². The molecule has 2 N–H and O–H groups in total. The maximum absolute atomic E-state index is 13.1. The molecule has 0 radical (unpaired) electrons. The Kier molecular flexibility index (Phi) is 3.96. The van der Waals surface area contributed by atoms with Crippen molar-refractivity contribution in [3.8, 4) is 5.75 Å². The van der Waals surface area contributed by atoms with Gasteiger partial charge in [-0.05, 0) is 42.3 Å². The van der Waals surface area contributed by atoms with E-state index in [0.717, 1.165) is 9.87 Å². The van der Waals surface area contributed by atoms with E-state index in [1.807, 2.05) is 6.07 Å². The van der Waals surface area contributed by atoms with Gasteiger partial charge in [-0.2, -0.15) is 0 Å². The molecule has 1 amide bonds. The number of fused-ring (bicyclic) bond motifs is 1. The van der Waals surface area contributed by atoms with Crippen molar-refractivity contribution < 1.29 is 17.9 Å². The SMILES string of the molecule is COc1ccc(S(=O)(=O)N2c3ccccc3C[C@@H]2C(N)=O)cc1C. The molecular formula is C17H18N2O4S. The van der Waals surface area contributed by atoms with Gasteiger partial charge in [0.1, 0.15) is 11.8 Å². The van der Waals surface area contributed by atoms with Crippen LogP contribution in [0, 0.1) is 6.92 Å². The molecule has 1 atom stereocenters. The number of rotatable bonds is 4. The molecule has 1 aliphatic heterocycles. The summed E-state index contributed by atoms with van der Waals surface area (Å²) in [4.78, 5) is 11.9. The third-order valence-electron chi connectivity index (χ3n) is 4.18. The fourth-order valence-electron chi connectivity index (χ4n) is 3.00. The Bertz CT molecular complexity index is 909. The predicted molar refractivity (Wildman–Crippen MR) is 90.5 cm³/mol. The molecule has 1 heterocycles. The van der Waals surface area contributed by atoms with E-state index in [4.69, 9.17) is 10.5 Å². The molecule has 2 aromatic rings. The van der Waals surface area contributed by atoms with Crippen molar-refractivity contribution in [3.05, 3.63) is 53.6 Å². The van der Waals surface area contributed by atoms with Crippen LogP contribution in [-0.2, 0) is 21.2 Å². The fourth-order valence-corrected chi connectivity index (χ4v) is 4.74. The highest BCUT2D eigenvalue weighted by atomic mass is 32.2. The van der Waals surface area contributed by atoms with Crippen LogP contribution in [0.15, 0.2) is 47.4 Å². The number of methoxy groups -OCH3 is 1. The van der Waals surface area contributed by atoms with Gasteiger partial charge in [-0.1, -0.05) is 18.2 Å². The van der Waals surface area contributed by atoms with Crippen molar-refractivity contribution in [2.24, 2.45) is 5.73 Å². The standard InChI is InChI=1S/C17H18N2O4S/c1-11-9-13(7-8-16(11)23-2)24(21,22)19-14-6-4-3-5-12(14)10-15(19)17(18)20/h3-9,15H,10H2,1-2H3,(H2,18,20)/t15-/m1/s1. The third-order valence-corrected chi connectivity index (χ3v) is 6.00. The zero-order valence-corrected chi connectivity index (χ0v) is 14.2. The number of hydrogen-bond acceptors (Lipinski definition) is 4. The van der Waals surface area contributed by atoms with Crippen LogP contribution in [0.2, 0.25) is 0 Å². The van der Waals surface area contributed by atoms with Crippen molar-refractivity contribution in [2.45, 2.75) is 24.3 Å². The first-order chi connectivity index (χ1) is 11.4. The minimum atomic E-state index is -3.92. The molecule has 0 saturated carbocycles. The number of hydrogen-bond donors (Lipinski definition) is 1. The first-order valence-electron chi connectivity index (χ1n) is 7.42. The maximum Gasteiger partial charge on any atom is 0.265 e. The van der Waals surface area contributed by atoms with Crippen molar-refractivity contribution >= 4 is 21.6 Å². The van der Waals surface area contributed by atoms with Gasteiger partial charge in [0.05, 0.1) is 17.7 Å². The average molecular weight is 346 g/mol. The lowest BCUT2D eigenvalue weighted by molar-refractivity contribution is -0.118. The van der Waals surface area contributed by atoms with Crippen molar-refractivity contribution in [1.82, 2.24) is 0 Å². The van der Waals surface area contributed by atoms with E-state index in [1.165, 1.54) is 19.2 Å². The molecule has 0 fully saturated rings. The van der Waals surface area contributed by atoms with Gasteiger partial charge in [-0.3, -0.25) is 9.10 Å². The van der Waals surface area contributed by atoms with Gasteiger partial charge < -0.3 is 10.5 Å². The zero-order chi connectivity index (χ0) is 17.5. The second kappa shape index (κ2) is 5.83. The van der Waals surface area contributed by atoms with E-state index < -0.39 is 22.0 Å². The van der Waals surface area contributed by atoms with Crippen LogP contribution < -0.4 is 14.8 Å². The number of aryl methyl sites for hydroxylation is 1. The first kappa shape index (κ1) is 16.3. The monoisotopic (exact) mass is 346 g/mol. The molecule has 6 nitrogen and oxygen atoms in total. The Hall–Kier alpha value is -2.54. The molecule has 0 bridgehead atoms. The Balaban J connectivity index is 2.14. The van der Waals surface area contributed by atoms with E-state index in [2.05, 4.69) is 0 Å². The summed E-state index contributed by atoms with van der Waals surface area (Å²) in [6.45, 7) is 1.77. The Morgan fingerprint density at radius 2 is 1.96 bits per heavy atom. The fraction of sp³-hybridized carbons (Fsp3) is 0.235. The molecule has 24 heavy (non-hydrogen) atoms. The predicted octanol–water partition coefficient (Wildman–Crippen LogP) is 1.61. The van der Waals surface area contributed by atoms with Crippen LogP contribution in [0.25, 0.3) is 0 Å². The van der Waals surface area contributed by atoms with E-state index >= 15 is 0 Å². The Morgan fingerprint density at radius 3 is 2.58 bits per heavy atom. The van der Waals surface area contributed by atoms with Gasteiger partial charge in [0, 0.05) is 6.42 Å². The van der Waals surface area contributed by atoms with Crippen LogP contribution in [0.1, 0.15) is 11.1 Å². The third kappa shape index (κ3) is 2.50. The number of primary amides is 1. The number of para-hydroxylation sites is 1. The molecule has 0 aliphatic carbocycles. The second-order valence-electron chi connectivity index (χ2n) is 5.68. The van der Waals surface area contributed by atoms with E-state index in [-0.39, 0.29) is 11.3 Å². The number of amides is 1. The van der Waals surface area contributed by atoms with Gasteiger partial charge in [-0.25, -0.2) is 8.42 Å². The summed E-state index contributed by atoms with van der Waals surface area (Å²) < 4.78 is 32.6. The van der Waals surface area contributed by atoms with Gasteiger partial charge in [0.25, 0.3) is 10.0 Å². The number of nitrogens with two attached hydrogens (primary N) is 1. The first-order valence-corrected chi connectivity index (χ1v) is 8.86.